The molecule has 2 amide bonds. The third-order valence-electron chi connectivity index (χ3n) is 6.50. The number of amides is 2. The van der Waals surface area contributed by atoms with E-state index in [4.69, 9.17) is 14.2 Å². The molecule has 1 aliphatic heterocycles. The van der Waals surface area contributed by atoms with Crippen molar-refractivity contribution in [1.82, 2.24) is 15.1 Å². The first kappa shape index (κ1) is 24.2. The lowest BCUT2D eigenvalue weighted by Gasteiger charge is -2.35. The fourth-order valence-electron chi connectivity index (χ4n) is 4.49. The Bertz CT molecular complexity index is 1380. The first-order valence-corrected chi connectivity index (χ1v) is 12.0. The van der Waals surface area contributed by atoms with Gasteiger partial charge in [-0.2, -0.15) is 0 Å². The summed E-state index contributed by atoms with van der Waals surface area (Å²) in [5, 5.41) is 14.2. The zero-order chi connectivity index (χ0) is 25.8. The molecule has 9 nitrogen and oxygen atoms in total. The number of carbonyl (C=O) groups excluding carboxylic acids is 1. The van der Waals surface area contributed by atoms with Crippen molar-refractivity contribution in [2.75, 3.05) is 57.7 Å². The van der Waals surface area contributed by atoms with E-state index in [0.717, 1.165) is 17.1 Å². The third-order valence-corrected chi connectivity index (χ3v) is 6.50. The van der Waals surface area contributed by atoms with E-state index in [1.54, 1.807) is 38.4 Å². The Hall–Kier alpha value is -4.53. The lowest BCUT2D eigenvalue weighted by Crippen LogP contribution is -2.50. The summed E-state index contributed by atoms with van der Waals surface area (Å²) in [7, 11) is 4.62. The number of hydrogen-bond acceptors (Lipinski definition) is 7. The summed E-state index contributed by atoms with van der Waals surface area (Å²) in [5.74, 6) is 2.24. The van der Waals surface area contributed by atoms with E-state index >= 15 is 0 Å². The lowest BCUT2D eigenvalue weighted by atomic mass is 10.1. The van der Waals surface area contributed by atoms with Crippen LogP contribution in [0.25, 0.3) is 22.0 Å². The van der Waals surface area contributed by atoms with Gasteiger partial charge in [-0.3, -0.25) is 0 Å². The number of benzene rings is 3. The number of methoxy groups -OCH3 is 3. The second-order valence-corrected chi connectivity index (χ2v) is 8.66. The van der Waals surface area contributed by atoms with E-state index in [1.165, 1.54) is 10.8 Å². The molecule has 0 radical (unpaired) electrons. The minimum Gasteiger partial charge on any atom is -0.493 e. The summed E-state index contributed by atoms with van der Waals surface area (Å²) < 4.78 is 16.1. The highest BCUT2D eigenvalue weighted by molar-refractivity contribution is 5.90. The van der Waals surface area contributed by atoms with Crippen molar-refractivity contribution in [3.8, 4) is 28.5 Å². The molecule has 0 saturated carbocycles. The summed E-state index contributed by atoms with van der Waals surface area (Å²) in [6.45, 7) is 2.44. The average molecular weight is 500 g/mol. The van der Waals surface area contributed by atoms with E-state index in [2.05, 4.69) is 50.7 Å². The van der Waals surface area contributed by atoms with E-state index in [1.807, 2.05) is 24.3 Å². The van der Waals surface area contributed by atoms with Gasteiger partial charge in [-0.25, -0.2) is 4.79 Å². The van der Waals surface area contributed by atoms with Crippen molar-refractivity contribution in [3.63, 3.8) is 0 Å². The molecule has 190 valence electrons. The molecule has 0 spiro atoms. The van der Waals surface area contributed by atoms with Crippen LogP contribution in [0.1, 0.15) is 0 Å². The Morgan fingerprint density at radius 2 is 1.49 bits per heavy atom. The number of ether oxygens (including phenoxy) is 3. The second-order valence-electron chi connectivity index (χ2n) is 8.66. The zero-order valence-electron chi connectivity index (χ0n) is 21.1. The van der Waals surface area contributed by atoms with Gasteiger partial charge in [0.25, 0.3) is 0 Å². The molecular formula is C28H29N5O4. The molecule has 3 aromatic carbocycles. The average Bonchev–Trinajstić information content (AvgIpc) is 2.96. The number of piperazine rings is 1. The first-order valence-electron chi connectivity index (χ1n) is 12.0. The molecule has 1 aromatic heterocycles. The first-order chi connectivity index (χ1) is 18.1. The topological polar surface area (TPSA) is 89.1 Å². The summed E-state index contributed by atoms with van der Waals surface area (Å²) >= 11 is 0. The van der Waals surface area contributed by atoms with Gasteiger partial charge in [0.1, 0.15) is 0 Å². The van der Waals surface area contributed by atoms with Gasteiger partial charge in [0, 0.05) is 43.9 Å². The van der Waals surface area contributed by atoms with Gasteiger partial charge in [-0.1, -0.05) is 36.4 Å². The molecule has 1 aliphatic rings. The Morgan fingerprint density at radius 3 is 2.11 bits per heavy atom. The lowest BCUT2D eigenvalue weighted by molar-refractivity contribution is 0.208. The molecule has 1 fully saturated rings. The number of anilines is 2. The standard InChI is InChI=1S/C28H29N5O4/c1-35-24-17-22(18-25(36-2)27(24)37-3)29-28(34)33-14-12-32(13-15-33)26-11-10-23(30-31-26)21-9-8-19-6-4-5-7-20(19)16-21/h4-11,16-18H,12-15H2,1-3H3,(H,29,34). The van der Waals surface area contributed by atoms with Crippen LogP contribution in [0.15, 0.2) is 66.7 Å². The van der Waals surface area contributed by atoms with Crippen LogP contribution in [0.2, 0.25) is 0 Å². The highest BCUT2D eigenvalue weighted by atomic mass is 16.5. The Balaban J connectivity index is 1.21. The molecule has 4 aromatic rings. The number of rotatable bonds is 6. The maximum absolute atomic E-state index is 12.9. The van der Waals surface area contributed by atoms with Gasteiger partial charge in [0.2, 0.25) is 5.75 Å². The smallest absolute Gasteiger partial charge is 0.321 e. The minimum absolute atomic E-state index is 0.188. The van der Waals surface area contributed by atoms with Gasteiger partial charge in [0.15, 0.2) is 17.3 Å². The number of aromatic nitrogens is 2. The van der Waals surface area contributed by atoms with Gasteiger partial charge >= 0.3 is 6.03 Å². The van der Waals surface area contributed by atoms with E-state index < -0.39 is 0 Å². The van der Waals surface area contributed by atoms with Crippen LogP contribution < -0.4 is 24.4 Å². The largest absolute Gasteiger partial charge is 0.493 e. The molecule has 0 unspecified atom stereocenters. The molecule has 9 heteroatoms. The maximum Gasteiger partial charge on any atom is 0.321 e. The van der Waals surface area contributed by atoms with Gasteiger partial charge < -0.3 is 29.3 Å². The highest BCUT2D eigenvalue weighted by Gasteiger charge is 2.23. The van der Waals surface area contributed by atoms with Crippen LogP contribution in [0.4, 0.5) is 16.3 Å². The fraction of sp³-hybridized carbons (Fsp3) is 0.250. The van der Waals surface area contributed by atoms with Crippen molar-refractivity contribution in [1.29, 1.82) is 0 Å². The summed E-state index contributed by atoms with van der Waals surface area (Å²) in [5.41, 5.74) is 2.43. The van der Waals surface area contributed by atoms with Crippen LogP contribution in [0.3, 0.4) is 0 Å². The minimum atomic E-state index is -0.188. The fourth-order valence-corrected chi connectivity index (χ4v) is 4.49. The number of nitrogens with zero attached hydrogens (tertiary/aromatic N) is 4. The molecule has 1 N–H and O–H groups in total. The number of carbonyl (C=O) groups is 1. The molecule has 1 saturated heterocycles. The quantitative estimate of drug-likeness (QED) is 0.412. The Morgan fingerprint density at radius 1 is 0.784 bits per heavy atom. The van der Waals surface area contributed by atoms with E-state index in [0.29, 0.717) is 49.1 Å². The molecule has 5 rings (SSSR count). The second kappa shape index (κ2) is 10.6. The molecule has 0 bridgehead atoms. The zero-order valence-corrected chi connectivity index (χ0v) is 21.1. The SMILES string of the molecule is COc1cc(NC(=O)N2CCN(c3ccc(-c4ccc5ccccc5c4)nn3)CC2)cc(OC)c1OC. The predicted octanol–water partition coefficient (Wildman–Crippen LogP) is 4.68. The Labute approximate surface area is 215 Å². The number of nitrogens with one attached hydrogen (secondary N) is 1. The molecule has 0 aliphatic carbocycles. The summed E-state index contributed by atoms with van der Waals surface area (Å²) in [6.07, 6.45) is 0. The highest BCUT2D eigenvalue weighted by Crippen LogP contribution is 2.40. The molecule has 2 heterocycles. The van der Waals surface area contributed by atoms with E-state index in [9.17, 15) is 4.79 Å². The van der Waals surface area contributed by atoms with Gasteiger partial charge in [-0.15, -0.1) is 10.2 Å². The van der Waals surface area contributed by atoms with Crippen LogP contribution >= 0.6 is 0 Å². The summed E-state index contributed by atoms with van der Waals surface area (Å²) in [6, 6.07) is 21.8. The van der Waals surface area contributed by atoms with E-state index in [-0.39, 0.29) is 6.03 Å². The third kappa shape index (κ3) is 5.06. The van der Waals surface area contributed by atoms with Crippen LogP contribution in [0.5, 0.6) is 17.2 Å². The van der Waals surface area contributed by atoms with Gasteiger partial charge in [0.05, 0.1) is 32.7 Å². The molecular weight excluding hydrogens is 470 g/mol. The monoisotopic (exact) mass is 499 g/mol. The van der Waals surface area contributed by atoms with Crippen LogP contribution in [-0.2, 0) is 0 Å². The van der Waals surface area contributed by atoms with Crippen molar-refractivity contribution in [2.45, 2.75) is 0 Å². The normalized spacial score (nSPS) is 13.4. The van der Waals surface area contributed by atoms with Crippen LogP contribution in [0, 0.1) is 0 Å². The molecule has 37 heavy (non-hydrogen) atoms. The molecule has 0 atom stereocenters. The maximum atomic E-state index is 12.9. The van der Waals surface area contributed by atoms with Crippen molar-refractivity contribution < 1.29 is 19.0 Å². The van der Waals surface area contributed by atoms with Crippen LogP contribution in [-0.4, -0.2) is 68.6 Å². The number of hydrogen-bond donors (Lipinski definition) is 1. The van der Waals surface area contributed by atoms with Crippen molar-refractivity contribution in [2.24, 2.45) is 0 Å². The van der Waals surface area contributed by atoms with Crippen molar-refractivity contribution >= 4 is 28.3 Å². The van der Waals surface area contributed by atoms with Gasteiger partial charge in [-0.05, 0) is 29.0 Å². The predicted molar refractivity (Wildman–Crippen MR) is 144 cm³/mol. The van der Waals surface area contributed by atoms with Crippen molar-refractivity contribution in [3.05, 3.63) is 66.7 Å². The number of urea groups is 1. The summed E-state index contributed by atoms with van der Waals surface area (Å²) in [4.78, 5) is 16.8. The Kier molecular flexibility index (Phi) is 6.93. The number of fused-ring (bicyclic) bond motifs is 1.